The normalized spacial score (nSPS) is 18.8. The summed E-state index contributed by atoms with van der Waals surface area (Å²) >= 11 is 0. The third kappa shape index (κ3) is 3.44. The number of ether oxygens (including phenoxy) is 3. The predicted molar refractivity (Wildman–Crippen MR) is 140 cm³/mol. The van der Waals surface area contributed by atoms with E-state index in [-0.39, 0.29) is 54.8 Å². The van der Waals surface area contributed by atoms with Gasteiger partial charge in [0.1, 0.15) is 6.61 Å². The van der Waals surface area contributed by atoms with Gasteiger partial charge in [0.15, 0.2) is 18.3 Å². The smallest absolute Gasteiger partial charge is 0.408 e. The molecular weight excluding hydrogens is 507 g/mol. The number of nitrogens with one attached hydrogen (secondary N) is 1. The van der Waals surface area contributed by atoms with E-state index in [1.165, 1.54) is 6.07 Å². The topological polar surface area (TPSA) is 112 Å². The van der Waals surface area contributed by atoms with Crippen LogP contribution in [0.5, 0.6) is 5.75 Å². The summed E-state index contributed by atoms with van der Waals surface area (Å²) in [4.78, 5) is 46.3. The Kier molecular flexibility index (Phi) is 5.60. The van der Waals surface area contributed by atoms with E-state index in [9.17, 15) is 14.4 Å². The van der Waals surface area contributed by atoms with Gasteiger partial charge in [-0.05, 0) is 38.3 Å². The molecule has 1 aromatic carbocycles. The SMILES string of the molecule is CCc1c2c(nc3cc(F)c4c(c13)N(C)CO4)-c1cc3c(c(=O)n1C2)COC(=O)[C@@]3(CC)OC(=O)NC(C)C. The van der Waals surface area contributed by atoms with Crippen molar-refractivity contribution < 1.29 is 28.2 Å². The molecule has 2 aromatic heterocycles. The average molecular weight is 537 g/mol. The van der Waals surface area contributed by atoms with Crippen LogP contribution in [0.3, 0.4) is 0 Å². The van der Waals surface area contributed by atoms with Crippen LogP contribution in [0.2, 0.25) is 0 Å². The number of carbonyl (C=O) groups is 2. The van der Waals surface area contributed by atoms with E-state index in [1.54, 1.807) is 31.4 Å². The molecule has 3 aliphatic heterocycles. The van der Waals surface area contributed by atoms with Gasteiger partial charge >= 0.3 is 12.1 Å². The predicted octanol–water partition coefficient (Wildman–Crippen LogP) is 3.71. The van der Waals surface area contributed by atoms with E-state index in [2.05, 4.69) is 5.32 Å². The monoisotopic (exact) mass is 536 g/mol. The summed E-state index contributed by atoms with van der Waals surface area (Å²) in [6.45, 7) is 7.52. The molecule has 1 N–H and O–H groups in total. The zero-order valence-electron chi connectivity index (χ0n) is 22.4. The lowest BCUT2D eigenvalue weighted by Gasteiger charge is -2.35. The van der Waals surface area contributed by atoms with Crippen LogP contribution in [0.15, 0.2) is 16.9 Å². The van der Waals surface area contributed by atoms with Crippen molar-refractivity contribution in [3.8, 4) is 17.1 Å². The molecule has 204 valence electrons. The number of aryl methyl sites for hydroxylation is 1. The third-order valence-corrected chi connectivity index (χ3v) is 7.75. The second kappa shape index (κ2) is 8.69. The largest absolute Gasteiger partial charge is 0.468 e. The van der Waals surface area contributed by atoms with Gasteiger partial charge in [0.25, 0.3) is 5.56 Å². The van der Waals surface area contributed by atoms with Crippen LogP contribution >= 0.6 is 0 Å². The first kappa shape index (κ1) is 25.1. The van der Waals surface area contributed by atoms with Crippen LogP contribution in [0, 0.1) is 5.82 Å². The number of anilines is 1. The van der Waals surface area contributed by atoms with E-state index >= 15 is 4.39 Å². The molecule has 0 unspecified atom stereocenters. The van der Waals surface area contributed by atoms with Gasteiger partial charge in [0.2, 0.25) is 5.60 Å². The highest BCUT2D eigenvalue weighted by Gasteiger charge is 2.50. The Balaban J connectivity index is 1.59. The molecule has 39 heavy (non-hydrogen) atoms. The first-order valence-corrected chi connectivity index (χ1v) is 13.1. The minimum Gasteiger partial charge on any atom is -0.468 e. The van der Waals surface area contributed by atoms with Crippen molar-refractivity contribution in [3.05, 3.63) is 50.6 Å². The molecule has 1 amide bonds. The second-order valence-corrected chi connectivity index (χ2v) is 10.4. The Hall–Kier alpha value is -4.15. The first-order valence-electron chi connectivity index (χ1n) is 13.1. The summed E-state index contributed by atoms with van der Waals surface area (Å²) in [6.07, 6.45) is -0.102. The van der Waals surface area contributed by atoms with Gasteiger partial charge in [-0.3, -0.25) is 4.79 Å². The first-order chi connectivity index (χ1) is 18.6. The van der Waals surface area contributed by atoms with Gasteiger partial charge in [0, 0.05) is 35.7 Å². The number of pyridine rings is 2. The maximum atomic E-state index is 15.0. The zero-order chi connectivity index (χ0) is 27.8. The fraction of sp³-hybridized carbons (Fsp3) is 0.429. The molecule has 0 radical (unpaired) electrons. The van der Waals surface area contributed by atoms with Crippen molar-refractivity contribution in [2.45, 2.75) is 65.3 Å². The van der Waals surface area contributed by atoms with E-state index in [4.69, 9.17) is 19.2 Å². The number of rotatable bonds is 4. The highest BCUT2D eigenvalue weighted by Crippen LogP contribution is 2.47. The number of amides is 1. The molecule has 5 heterocycles. The van der Waals surface area contributed by atoms with E-state index in [0.717, 1.165) is 16.5 Å². The number of nitrogens with zero attached hydrogens (tertiary/aromatic N) is 3. The number of fused-ring (bicyclic) bond motifs is 7. The molecule has 3 aromatic rings. The fourth-order valence-electron chi connectivity index (χ4n) is 5.96. The Bertz CT molecular complexity index is 1650. The van der Waals surface area contributed by atoms with Crippen molar-refractivity contribution in [2.75, 3.05) is 18.7 Å². The van der Waals surface area contributed by atoms with Gasteiger partial charge in [0.05, 0.1) is 34.7 Å². The number of hydrogen-bond donors (Lipinski definition) is 1. The average Bonchev–Trinajstić information content (AvgIpc) is 3.45. The van der Waals surface area contributed by atoms with Crippen molar-refractivity contribution in [1.29, 1.82) is 0 Å². The molecule has 3 aliphatic rings. The minimum atomic E-state index is -1.79. The van der Waals surface area contributed by atoms with Gasteiger partial charge in [-0.1, -0.05) is 13.8 Å². The maximum Gasteiger partial charge on any atom is 0.408 e. The fourth-order valence-corrected chi connectivity index (χ4v) is 5.96. The number of alkyl carbamates (subject to hydrolysis) is 1. The number of halogens is 1. The number of cyclic esters (lactones) is 1. The molecule has 6 rings (SSSR count). The number of aromatic nitrogens is 2. The Morgan fingerprint density at radius 2 is 2.00 bits per heavy atom. The summed E-state index contributed by atoms with van der Waals surface area (Å²) in [7, 11) is 1.83. The molecule has 11 heteroatoms. The van der Waals surface area contributed by atoms with Crippen molar-refractivity contribution in [1.82, 2.24) is 14.9 Å². The van der Waals surface area contributed by atoms with Crippen LogP contribution < -0.4 is 20.5 Å². The van der Waals surface area contributed by atoms with Crippen molar-refractivity contribution in [3.63, 3.8) is 0 Å². The summed E-state index contributed by atoms with van der Waals surface area (Å²) in [5.41, 5.74) is 2.33. The molecule has 0 saturated carbocycles. The highest BCUT2D eigenvalue weighted by atomic mass is 19.1. The quantitative estimate of drug-likeness (QED) is 0.393. The summed E-state index contributed by atoms with van der Waals surface area (Å²) in [6, 6.07) is 2.84. The maximum absolute atomic E-state index is 15.0. The summed E-state index contributed by atoms with van der Waals surface area (Å²) < 4.78 is 33.3. The summed E-state index contributed by atoms with van der Waals surface area (Å²) in [5.74, 6) is -1.04. The zero-order valence-corrected chi connectivity index (χ0v) is 22.4. The molecule has 0 bridgehead atoms. The van der Waals surface area contributed by atoms with Gasteiger partial charge in [-0.15, -0.1) is 0 Å². The molecule has 0 aliphatic carbocycles. The molecule has 0 saturated heterocycles. The standard InChI is InChI=1S/C28H29FN4O6/c1-6-14-15-10-33-20(22(15)31-19-9-18(29)24-23(21(14)19)32(5)12-38-24)8-17-16(25(33)34)11-37-26(35)28(17,7-2)39-27(36)30-13(3)4/h8-9,13H,6-7,10-12H2,1-5H3,(H,30,36)/t28-/m0/s1. The van der Waals surface area contributed by atoms with Crippen LogP contribution in [0.1, 0.15) is 56.4 Å². The van der Waals surface area contributed by atoms with E-state index < -0.39 is 23.5 Å². The minimum absolute atomic E-state index is 0.0646. The lowest BCUT2D eigenvalue weighted by molar-refractivity contribution is -0.172. The number of esters is 1. The molecular formula is C28H29FN4O6. The van der Waals surface area contributed by atoms with Crippen LogP contribution in [-0.2, 0) is 39.4 Å². The van der Waals surface area contributed by atoms with E-state index in [0.29, 0.717) is 29.0 Å². The van der Waals surface area contributed by atoms with Crippen LogP contribution in [0.4, 0.5) is 14.9 Å². The highest BCUT2D eigenvalue weighted by molar-refractivity contribution is 6.01. The molecule has 0 fully saturated rings. The van der Waals surface area contributed by atoms with E-state index in [1.807, 2.05) is 18.9 Å². The second-order valence-electron chi connectivity index (χ2n) is 10.4. The molecule has 10 nitrogen and oxygen atoms in total. The molecule has 1 atom stereocenters. The number of hydrogen-bond acceptors (Lipinski definition) is 8. The Labute approximate surface area is 223 Å². The molecule has 0 spiro atoms. The van der Waals surface area contributed by atoms with Gasteiger partial charge in [-0.25, -0.2) is 19.0 Å². The van der Waals surface area contributed by atoms with Crippen molar-refractivity contribution in [2.24, 2.45) is 0 Å². The van der Waals surface area contributed by atoms with Crippen LogP contribution in [-0.4, -0.2) is 41.4 Å². The number of carbonyl (C=O) groups excluding carboxylic acids is 2. The van der Waals surface area contributed by atoms with Crippen LogP contribution in [0.25, 0.3) is 22.3 Å². The van der Waals surface area contributed by atoms with Gasteiger partial charge < -0.3 is 29.0 Å². The van der Waals surface area contributed by atoms with Gasteiger partial charge in [-0.2, -0.15) is 0 Å². The Morgan fingerprint density at radius 3 is 2.69 bits per heavy atom. The summed E-state index contributed by atoms with van der Waals surface area (Å²) in [5, 5.41) is 3.43. The number of benzene rings is 1. The third-order valence-electron chi connectivity index (χ3n) is 7.75. The lowest BCUT2D eigenvalue weighted by atomic mass is 9.85. The Morgan fingerprint density at radius 1 is 1.23 bits per heavy atom. The van der Waals surface area contributed by atoms with Crippen molar-refractivity contribution >= 4 is 28.7 Å². The lowest BCUT2D eigenvalue weighted by Crippen LogP contribution is -2.49.